The molecule has 2 aromatic carbocycles. The lowest BCUT2D eigenvalue weighted by Crippen LogP contribution is -2.44. The zero-order chi connectivity index (χ0) is 22.3. The molecule has 172 valence electrons. The zero-order valence-corrected chi connectivity index (χ0v) is 20.0. The minimum atomic E-state index is -0.669. The topological polar surface area (TPSA) is 72.9 Å². The van der Waals surface area contributed by atoms with E-state index in [4.69, 9.17) is 0 Å². The molecule has 0 radical (unpaired) electrons. The first-order chi connectivity index (χ1) is 14.8. The van der Waals surface area contributed by atoms with Gasteiger partial charge in [-0.2, -0.15) is 0 Å². The van der Waals surface area contributed by atoms with E-state index in [1.165, 1.54) is 19.8 Å². The summed E-state index contributed by atoms with van der Waals surface area (Å²) in [5, 5.41) is 13.2. The Morgan fingerprint density at radius 3 is 2.38 bits per heavy atom. The monoisotopic (exact) mass is 457 g/mol. The van der Waals surface area contributed by atoms with Crippen LogP contribution >= 0.6 is 12.4 Å². The summed E-state index contributed by atoms with van der Waals surface area (Å²) in [6, 6.07) is 7.47. The largest absolute Gasteiger partial charge is 0.507 e. The summed E-state index contributed by atoms with van der Waals surface area (Å²) in [5.74, 6) is -0.0754. The van der Waals surface area contributed by atoms with Crippen LogP contribution in [-0.4, -0.2) is 41.5 Å². The number of rotatable bonds is 3. The predicted octanol–water partition coefficient (Wildman–Crippen LogP) is 4.42. The number of nitrogens with zero attached hydrogens (tertiary/aromatic N) is 2. The summed E-state index contributed by atoms with van der Waals surface area (Å²) in [6.45, 7) is 9.64. The van der Waals surface area contributed by atoms with E-state index in [1.54, 1.807) is 11.0 Å². The molecule has 1 atom stereocenters. The van der Waals surface area contributed by atoms with Crippen molar-refractivity contribution in [2.75, 3.05) is 29.9 Å². The molecular weight excluding hydrogens is 426 g/mol. The van der Waals surface area contributed by atoms with E-state index in [2.05, 4.69) is 28.4 Å². The number of aryl methyl sites for hydroxylation is 1. The number of carbonyl (C=O) groups is 2. The maximum Gasteiger partial charge on any atom is 0.251 e. The first kappa shape index (κ1) is 23.9. The van der Waals surface area contributed by atoms with Crippen molar-refractivity contribution in [3.8, 4) is 5.75 Å². The molecule has 2 heterocycles. The Bertz CT molecular complexity index is 1050. The number of phenols is 1. The fourth-order valence-electron chi connectivity index (χ4n) is 4.80. The van der Waals surface area contributed by atoms with Crippen molar-refractivity contribution in [2.24, 2.45) is 0 Å². The SMILES string of the molecule is CC(=O)N1CCc2ccc(N3CCCC3)cc2C1C(=O)Nc1cc(C)c(O)c(C)c1C.Cl. The maximum absolute atomic E-state index is 13.6. The highest BCUT2D eigenvalue weighted by molar-refractivity contribution is 5.99. The molecule has 6 nitrogen and oxygen atoms in total. The van der Waals surface area contributed by atoms with E-state index in [-0.39, 0.29) is 30.0 Å². The minimum absolute atomic E-state index is 0. The van der Waals surface area contributed by atoms with Crippen LogP contribution < -0.4 is 10.2 Å². The summed E-state index contributed by atoms with van der Waals surface area (Å²) >= 11 is 0. The zero-order valence-electron chi connectivity index (χ0n) is 19.2. The van der Waals surface area contributed by atoms with Crippen LogP contribution in [0.4, 0.5) is 11.4 Å². The molecule has 1 unspecified atom stereocenters. The van der Waals surface area contributed by atoms with Crippen LogP contribution in [0.2, 0.25) is 0 Å². The average molecular weight is 458 g/mol. The minimum Gasteiger partial charge on any atom is -0.507 e. The standard InChI is InChI=1S/C25H31N3O3.ClH/c1-15-13-22(16(2)17(3)24(15)30)26-25(31)23-21-14-20(27-10-5-6-11-27)8-7-19(21)9-12-28(23)18(4)29;/h7-8,13-14,23,30H,5-6,9-12H2,1-4H3,(H,26,31);1H. The van der Waals surface area contributed by atoms with Gasteiger partial charge in [0.15, 0.2) is 0 Å². The van der Waals surface area contributed by atoms with E-state index in [1.807, 2.05) is 20.8 Å². The number of amides is 2. The molecule has 32 heavy (non-hydrogen) atoms. The number of nitrogens with one attached hydrogen (secondary N) is 1. The molecule has 0 saturated carbocycles. The van der Waals surface area contributed by atoms with Crippen molar-refractivity contribution in [1.29, 1.82) is 0 Å². The lowest BCUT2D eigenvalue weighted by Gasteiger charge is -2.36. The van der Waals surface area contributed by atoms with Gasteiger partial charge in [-0.15, -0.1) is 12.4 Å². The molecule has 1 fully saturated rings. The summed E-state index contributed by atoms with van der Waals surface area (Å²) in [4.78, 5) is 30.0. The van der Waals surface area contributed by atoms with Crippen molar-refractivity contribution < 1.29 is 14.7 Å². The highest BCUT2D eigenvalue weighted by Crippen LogP contribution is 2.36. The molecule has 2 aliphatic heterocycles. The molecule has 1 saturated heterocycles. The second kappa shape index (κ2) is 9.41. The van der Waals surface area contributed by atoms with Crippen molar-refractivity contribution in [3.63, 3.8) is 0 Å². The number of carbonyl (C=O) groups excluding carboxylic acids is 2. The van der Waals surface area contributed by atoms with Gasteiger partial charge in [0.2, 0.25) is 5.91 Å². The Balaban J connectivity index is 0.00000289. The highest BCUT2D eigenvalue weighted by atomic mass is 35.5. The van der Waals surface area contributed by atoms with Crippen molar-refractivity contribution in [1.82, 2.24) is 4.90 Å². The number of hydrogen-bond donors (Lipinski definition) is 2. The average Bonchev–Trinajstić information content (AvgIpc) is 3.29. The molecule has 4 rings (SSSR count). The highest BCUT2D eigenvalue weighted by Gasteiger charge is 2.35. The molecule has 0 spiro atoms. The van der Waals surface area contributed by atoms with Gasteiger partial charge in [-0.05, 0) is 86.1 Å². The van der Waals surface area contributed by atoms with E-state index in [0.717, 1.165) is 47.5 Å². The van der Waals surface area contributed by atoms with Crippen molar-refractivity contribution in [3.05, 3.63) is 52.1 Å². The van der Waals surface area contributed by atoms with Gasteiger partial charge in [0, 0.05) is 37.9 Å². The van der Waals surface area contributed by atoms with Crippen LogP contribution in [0.25, 0.3) is 0 Å². The van der Waals surface area contributed by atoms with Gasteiger partial charge < -0.3 is 20.2 Å². The lowest BCUT2D eigenvalue weighted by molar-refractivity contribution is -0.137. The number of aromatic hydroxyl groups is 1. The first-order valence-electron chi connectivity index (χ1n) is 11.0. The predicted molar refractivity (Wildman–Crippen MR) is 130 cm³/mol. The summed E-state index contributed by atoms with van der Waals surface area (Å²) < 4.78 is 0. The second-order valence-electron chi connectivity index (χ2n) is 8.77. The number of phenolic OH excluding ortho intramolecular Hbond substituents is 1. The van der Waals surface area contributed by atoms with Crippen LogP contribution in [0.5, 0.6) is 5.75 Å². The molecule has 2 amide bonds. The van der Waals surface area contributed by atoms with E-state index in [0.29, 0.717) is 17.8 Å². The number of anilines is 2. The van der Waals surface area contributed by atoms with Gasteiger partial charge in [0.25, 0.3) is 5.91 Å². The Kier molecular flexibility index (Phi) is 7.03. The molecule has 0 aromatic heterocycles. The first-order valence-corrected chi connectivity index (χ1v) is 11.0. The van der Waals surface area contributed by atoms with Crippen LogP contribution in [0, 0.1) is 20.8 Å². The summed E-state index contributed by atoms with van der Waals surface area (Å²) in [7, 11) is 0. The van der Waals surface area contributed by atoms with Crippen LogP contribution in [-0.2, 0) is 16.0 Å². The molecule has 2 aliphatic rings. The second-order valence-corrected chi connectivity index (χ2v) is 8.77. The van der Waals surface area contributed by atoms with Gasteiger partial charge in [-0.25, -0.2) is 0 Å². The third kappa shape index (κ3) is 4.29. The van der Waals surface area contributed by atoms with Crippen molar-refractivity contribution >= 4 is 35.6 Å². The Hall–Kier alpha value is -2.73. The Morgan fingerprint density at radius 1 is 1.03 bits per heavy atom. The molecule has 7 heteroatoms. The molecule has 2 aromatic rings. The molecule has 0 aliphatic carbocycles. The van der Waals surface area contributed by atoms with E-state index < -0.39 is 6.04 Å². The number of benzene rings is 2. The van der Waals surface area contributed by atoms with Gasteiger partial charge >= 0.3 is 0 Å². The number of hydrogen-bond acceptors (Lipinski definition) is 4. The van der Waals surface area contributed by atoms with Gasteiger partial charge in [-0.3, -0.25) is 9.59 Å². The lowest BCUT2D eigenvalue weighted by atomic mass is 9.91. The van der Waals surface area contributed by atoms with Crippen LogP contribution in [0.3, 0.4) is 0 Å². The fraction of sp³-hybridized carbons (Fsp3) is 0.440. The molecular formula is C25H32ClN3O3. The van der Waals surface area contributed by atoms with Crippen molar-refractivity contribution in [2.45, 2.75) is 53.0 Å². The van der Waals surface area contributed by atoms with Gasteiger partial charge in [-0.1, -0.05) is 6.07 Å². The summed E-state index contributed by atoms with van der Waals surface area (Å²) in [5.41, 5.74) is 6.11. The quantitative estimate of drug-likeness (QED) is 0.669. The van der Waals surface area contributed by atoms with E-state index >= 15 is 0 Å². The number of fused-ring (bicyclic) bond motifs is 1. The summed E-state index contributed by atoms with van der Waals surface area (Å²) in [6.07, 6.45) is 3.11. The maximum atomic E-state index is 13.6. The van der Waals surface area contributed by atoms with E-state index in [9.17, 15) is 14.7 Å². The molecule has 0 bridgehead atoms. The third-order valence-corrected chi connectivity index (χ3v) is 6.80. The fourth-order valence-corrected chi connectivity index (χ4v) is 4.80. The molecule has 2 N–H and O–H groups in total. The van der Waals surface area contributed by atoms with Gasteiger partial charge in [0.05, 0.1) is 0 Å². The third-order valence-electron chi connectivity index (χ3n) is 6.80. The normalized spacial score (nSPS) is 17.6. The Morgan fingerprint density at radius 2 is 1.72 bits per heavy atom. The Labute approximate surface area is 196 Å². The number of halogens is 1. The van der Waals surface area contributed by atoms with Gasteiger partial charge in [0.1, 0.15) is 11.8 Å². The van der Waals surface area contributed by atoms with Crippen LogP contribution in [0.15, 0.2) is 24.3 Å². The smallest absolute Gasteiger partial charge is 0.251 e. The van der Waals surface area contributed by atoms with Crippen LogP contribution in [0.1, 0.15) is 53.6 Å².